The van der Waals surface area contributed by atoms with E-state index in [1.54, 1.807) is 11.3 Å². The molecule has 2 aromatic carbocycles. The zero-order valence-corrected chi connectivity index (χ0v) is 15.8. The van der Waals surface area contributed by atoms with E-state index in [-0.39, 0.29) is 5.91 Å². The van der Waals surface area contributed by atoms with Gasteiger partial charge in [0.2, 0.25) is 5.91 Å². The third-order valence-electron chi connectivity index (χ3n) is 4.74. The monoisotopic (exact) mass is 363 g/mol. The molecule has 0 fully saturated rings. The fourth-order valence-corrected chi connectivity index (χ4v) is 3.99. The van der Waals surface area contributed by atoms with E-state index in [4.69, 9.17) is 0 Å². The Morgan fingerprint density at radius 1 is 1.23 bits per heavy atom. The van der Waals surface area contributed by atoms with Crippen molar-refractivity contribution >= 4 is 28.6 Å². The lowest BCUT2D eigenvalue weighted by molar-refractivity contribution is -0.115. The number of carbonyl (C=O) groups excluding carboxylic acids is 1. The van der Waals surface area contributed by atoms with Gasteiger partial charge >= 0.3 is 0 Å². The lowest BCUT2D eigenvalue weighted by atomic mass is 10.1. The van der Waals surface area contributed by atoms with Crippen LogP contribution in [0.2, 0.25) is 0 Å². The molecule has 0 saturated carbocycles. The third kappa shape index (κ3) is 3.35. The molecule has 1 N–H and O–H groups in total. The van der Waals surface area contributed by atoms with Crippen LogP contribution in [0.3, 0.4) is 0 Å². The summed E-state index contributed by atoms with van der Waals surface area (Å²) in [7, 11) is 0. The number of benzene rings is 2. The predicted molar refractivity (Wildman–Crippen MR) is 108 cm³/mol. The predicted octanol–water partition coefficient (Wildman–Crippen LogP) is 4.43. The molecule has 0 unspecified atom stereocenters. The second-order valence-electron chi connectivity index (χ2n) is 6.63. The van der Waals surface area contributed by atoms with E-state index in [1.165, 1.54) is 5.56 Å². The van der Waals surface area contributed by atoms with Gasteiger partial charge in [0.25, 0.3) is 0 Å². The quantitative estimate of drug-likeness (QED) is 0.746. The SMILES string of the molecule is Cc1nc(-c2ccc3c(c2)CCN3CC(=O)Nc2ccccc2C)cs1. The first-order valence-electron chi connectivity index (χ1n) is 8.76. The van der Waals surface area contributed by atoms with Crippen LogP contribution in [-0.2, 0) is 11.2 Å². The number of amides is 1. The van der Waals surface area contributed by atoms with Crippen molar-refractivity contribution in [2.75, 3.05) is 23.3 Å². The molecule has 4 nitrogen and oxygen atoms in total. The average molecular weight is 363 g/mol. The molecule has 1 aromatic heterocycles. The molecular formula is C21H21N3OS. The van der Waals surface area contributed by atoms with Crippen molar-refractivity contribution in [3.8, 4) is 11.3 Å². The largest absolute Gasteiger partial charge is 0.362 e. The van der Waals surface area contributed by atoms with E-state index in [9.17, 15) is 4.79 Å². The molecule has 0 atom stereocenters. The standard InChI is InChI=1S/C21H21N3OS/c1-14-5-3-4-6-18(14)23-21(25)12-24-10-9-17-11-16(7-8-20(17)24)19-13-26-15(2)22-19/h3-8,11,13H,9-10,12H2,1-2H3,(H,23,25). The van der Waals surface area contributed by atoms with Crippen molar-refractivity contribution in [1.29, 1.82) is 0 Å². The van der Waals surface area contributed by atoms with E-state index < -0.39 is 0 Å². The third-order valence-corrected chi connectivity index (χ3v) is 5.51. The summed E-state index contributed by atoms with van der Waals surface area (Å²) in [6, 6.07) is 14.3. The summed E-state index contributed by atoms with van der Waals surface area (Å²) in [5.74, 6) is 0.0198. The Kier molecular flexibility index (Phi) is 4.47. The number of fused-ring (bicyclic) bond motifs is 1. The van der Waals surface area contributed by atoms with E-state index in [1.807, 2.05) is 38.1 Å². The van der Waals surface area contributed by atoms with E-state index >= 15 is 0 Å². The molecule has 0 aliphatic carbocycles. The summed E-state index contributed by atoms with van der Waals surface area (Å²) in [6.07, 6.45) is 0.962. The van der Waals surface area contributed by atoms with Crippen LogP contribution in [-0.4, -0.2) is 24.0 Å². The molecular weight excluding hydrogens is 342 g/mol. The summed E-state index contributed by atoms with van der Waals surface area (Å²) in [5.41, 5.74) is 6.58. The van der Waals surface area contributed by atoms with Gasteiger partial charge in [-0.2, -0.15) is 0 Å². The number of para-hydroxylation sites is 1. The number of nitrogens with one attached hydrogen (secondary N) is 1. The number of carbonyl (C=O) groups is 1. The van der Waals surface area contributed by atoms with Crippen molar-refractivity contribution in [2.45, 2.75) is 20.3 Å². The first kappa shape index (κ1) is 16.8. The minimum atomic E-state index is 0.0198. The molecule has 1 aliphatic heterocycles. The minimum Gasteiger partial charge on any atom is -0.362 e. The van der Waals surface area contributed by atoms with Gasteiger partial charge in [0, 0.05) is 28.9 Å². The fraction of sp³-hybridized carbons (Fsp3) is 0.238. The molecule has 0 spiro atoms. The maximum Gasteiger partial charge on any atom is 0.243 e. The molecule has 1 amide bonds. The van der Waals surface area contributed by atoms with E-state index in [0.29, 0.717) is 6.54 Å². The number of anilines is 2. The molecule has 132 valence electrons. The number of aromatic nitrogens is 1. The van der Waals surface area contributed by atoms with Crippen LogP contribution in [0.25, 0.3) is 11.3 Å². The van der Waals surface area contributed by atoms with Gasteiger partial charge in [-0.1, -0.05) is 24.3 Å². The van der Waals surface area contributed by atoms with Crippen molar-refractivity contribution in [1.82, 2.24) is 4.98 Å². The molecule has 0 bridgehead atoms. The average Bonchev–Trinajstić information content (AvgIpc) is 3.23. The lowest BCUT2D eigenvalue weighted by Crippen LogP contribution is -2.32. The highest BCUT2D eigenvalue weighted by atomic mass is 32.1. The Bertz CT molecular complexity index is 963. The minimum absolute atomic E-state index is 0.0198. The maximum absolute atomic E-state index is 12.5. The normalized spacial score (nSPS) is 12.9. The Morgan fingerprint density at radius 3 is 2.85 bits per heavy atom. The van der Waals surface area contributed by atoms with Crippen molar-refractivity contribution in [2.24, 2.45) is 0 Å². The number of aryl methyl sites for hydroxylation is 2. The zero-order chi connectivity index (χ0) is 18.1. The lowest BCUT2D eigenvalue weighted by Gasteiger charge is -2.19. The van der Waals surface area contributed by atoms with Crippen molar-refractivity contribution < 1.29 is 4.79 Å². The summed E-state index contributed by atoms with van der Waals surface area (Å²) >= 11 is 1.67. The summed E-state index contributed by atoms with van der Waals surface area (Å²) in [4.78, 5) is 19.2. The Hall–Kier alpha value is -2.66. The Morgan fingerprint density at radius 2 is 2.08 bits per heavy atom. The number of nitrogens with zero attached hydrogens (tertiary/aromatic N) is 2. The van der Waals surface area contributed by atoms with Gasteiger partial charge in [0.1, 0.15) is 0 Å². The van der Waals surface area contributed by atoms with Crippen LogP contribution < -0.4 is 10.2 Å². The summed E-state index contributed by atoms with van der Waals surface area (Å²) in [5, 5.41) is 6.19. The fourth-order valence-electron chi connectivity index (χ4n) is 3.37. The summed E-state index contributed by atoms with van der Waals surface area (Å²) in [6.45, 7) is 5.27. The number of hydrogen-bond donors (Lipinski definition) is 1. The van der Waals surface area contributed by atoms with Gasteiger partial charge in [-0.25, -0.2) is 4.98 Å². The van der Waals surface area contributed by atoms with E-state index in [0.717, 1.165) is 46.2 Å². The first-order valence-corrected chi connectivity index (χ1v) is 9.64. The van der Waals surface area contributed by atoms with Gasteiger partial charge in [0.15, 0.2) is 0 Å². The second kappa shape index (κ2) is 6.92. The number of rotatable bonds is 4. The van der Waals surface area contributed by atoms with Gasteiger partial charge in [0.05, 0.1) is 17.2 Å². The van der Waals surface area contributed by atoms with Gasteiger partial charge in [-0.15, -0.1) is 11.3 Å². The first-order chi connectivity index (χ1) is 12.6. The Balaban J connectivity index is 1.48. The van der Waals surface area contributed by atoms with Crippen molar-refractivity contribution in [3.63, 3.8) is 0 Å². The molecule has 0 radical (unpaired) electrons. The van der Waals surface area contributed by atoms with Crippen LogP contribution >= 0.6 is 11.3 Å². The van der Waals surface area contributed by atoms with Gasteiger partial charge in [-0.05, 0) is 49.6 Å². The maximum atomic E-state index is 12.5. The molecule has 5 heteroatoms. The summed E-state index contributed by atoms with van der Waals surface area (Å²) < 4.78 is 0. The molecule has 26 heavy (non-hydrogen) atoms. The highest BCUT2D eigenvalue weighted by molar-refractivity contribution is 7.09. The van der Waals surface area contributed by atoms with Crippen molar-refractivity contribution in [3.05, 3.63) is 64.0 Å². The molecule has 4 rings (SSSR count). The Labute approximate surface area is 157 Å². The number of hydrogen-bond acceptors (Lipinski definition) is 4. The van der Waals surface area contributed by atoms with Crippen LogP contribution in [0.5, 0.6) is 0 Å². The van der Waals surface area contributed by atoms with E-state index in [2.05, 4.69) is 38.8 Å². The van der Waals surface area contributed by atoms with Gasteiger partial charge < -0.3 is 10.2 Å². The van der Waals surface area contributed by atoms with Crippen LogP contribution in [0.4, 0.5) is 11.4 Å². The molecule has 0 saturated heterocycles. The van der Waals surface area contributed by atoms with Crippen LogP contribution in [0, 0.1) is 13.8 Å². The molecule has 3 aromatic rings. The zero-order valence-electron chi connectivity index (χ0n) is 15.0. The second-order valence-corrected chi connectivity index (χ2v) is 7.69. The highest BCUT2D eigenvalue weighted by Crippen LogP contribution is 2.32. The topological polar surface area (TPSA) is 45.2 Å². The van der Waals surface area contributed by atoms with Gasteiger partial charge in [-0.3, -0.25) is 4.79 Å². The smallest absolute Gasteiger partial charge is 0.243 e. The number of thiazole rings is 1. The molecule has 2 heterocycles. The highest BCUT2D eigenvalue weighted by Gasteiger charge is 2.22. The van der Waals surface area contributed by atoms with Crippen LogP contribution in [0.1, 0.15) is 16.1 Å². The molecule has 1 aliphatic rings. The van der Waals surface area contributed by atoms with Crippen LogP contribution in [0.15, 0.2) is 47.8 Å².